The van der Waals surface area contributed by atoms with E-state index in [1.54, 1.807) is 42.5 Å². The summed E-state index contributed by atoms with van der Waals surface area (Å²) in [6, 6.07) is 13.9. The molecule has 2 heterocycles. The molecule has 0 aliphatic carbocycles. The van der Waals surface area contributed by atoms with Gasteiger partial charge in [0.25, 0.3) is 0 Å². The van der Waals surface area contributed by atoms with Gasteiger partial charge in [0.2, 0.25) is 0 Å². The summed E-state index contributed by atoms with van der Waals surface area (Å²) in [4.78, 5) is 22.9. The lowest BCUT2D eigenvalue weighted by Crippen LogP contribution is -2.57. The molecule has 6 N–H and O–H groups in total. The summed E-state index contributed by atoms with van der Waals surface area (Å²) in [5.74, 6) is -1.28. The van der Waals surface area contributed by atoms with Gasteiger partial charge < -0.3 is 49.6 Å². The van der Waals surface area contributed by atoms with E-state index < -0.39 is 79.6 Å². The Hall–Kier alpha value is -2.94. The van der Waals surface area contributed by atoms with E-state index in [0.29, 0.717) is 11.1 Å². The van der Waals surface area contributed by atoms with Gasteiger partial charge in [-0.3, -0.25) is 9.59 Å². The monoisotopic (exact) mass is 562 g/mol. The molecule has 0 radical (unpaired) electrons. The van der Waals surface area contributed by atoms with Crippen molar-refractivity contribution < 1.29 is 59.2 Å². The fraction of sp³-hybridized carbons (Fsp3) is 0.500. The van der Waals surface area contributed by atoms with Gasteiger partial charge in [-0.25, -0.2) is 0 Å². The van der Waals surface area contributed by atoms with Crippen LogP contribution >= 0.6 is 0 Å². The number of rotatable bonds is 7. The van der Waals surface area contributed by atoms with Crippen LogP contribution in [0.1, 0.15) is 37.2 Å². The first-order chi connectivity index (χ1) is 19.0. The average molecular weight is 563 g/mol. The molecule has 2 aromatic carbocycles. The fourth-order valence-electron chi connectivity index (χ4n) is 5.02. The average Bonchev–Trinajstić information content (AvgIpc) is 2.94. The standard InChI is InChI=1S/C28H34O12/c1-13(30)37-12-20-28(38-14(2)31)25(36)24(35)26(40-20)16-8-6-15(7-9-16)17-4-3-5-18(10-17)27-23(34)22(33)21(32)19(11-29)39-27/h3-10,19-29,32-36H,11-12H2,1-2H3/t19-,20-,21-,22+,23+,24+,25-,26-,27-,28-/m1/s1. The highest BCUT2D eigenvalue weighted by Gasteiger charge is 2.47. The molecular formula is C28H34O12. The molecule has 0 spiro atoms. The highest BCUT2D eigenvalue weighted by Crippen LogP contribution is 2.37. The van der Waals surface area contributed by atoms with Crippen LogP contribution in [0.15, 0.2) is 48.5 Å². The summed E-state index contributed by atoms with van der Waals surface area (Å²) in [6.45, 7) is 1.53. The molecule has 40 heavy (non-hydrogen) atoms. The molecule has 2 fully saturated rings. The lowest BCUT2D eigenvalue weighted by Gasteiger charge is -2.42. The van der Waals surface area contributed by atoms with E-state index in [9.17, 15) is 40.2 Å². The maximum atomic E-state index is 11.5. The van der Waals surface area contributed by atoms with E-state index in [1.807, 2.05) is 6.07 Å². The molecule has 2 aliphatic heterocycles. The Labute approximate surface area is 230 Å². The molecule has 0 amide bonds. The molecule has 12 heteroatoms. The number of aliphatic hydroxyl groups is 6. The number of benzene rings is 2. The maximum absolute atomic E-state index is 11.5. The Balaban J connectivity index is 1.55. The van der Waals surface area contributed by atoms with Crippen LogP contribution in [-0.4, -0.2) is 105 Å². The molecule has 0 unspecified atom stereocenters. The molecular weight excluding hydrogens is 528 g/mol. The lowest BCUT2D eigenvalue weighted by molar-refractivity contribution is -0.242. The highest BCUT2D eigenvalue weighted by atomic mass is 16.6. The van der Waals surface area contributed by atoms with Gasteiger partial charge in [-0.15, -0.1) is 0 Å². The smallest absolute Gasteiger partial charge is 0.303 e. The third-order valence-electron chi connectivity index (χ3n) is 7.12. The van der Waals surface area contributed by atoms with Crippen LogP contribution in [0.25, 0.3) is 11.1 Å². The van der Waals surface area contributed by atoms with E-state index >= 15 is 0 Å². The van der Waals surface area contributed by atoms with Crippen molar-refractivity contribution in [3.63, 3.8) is 0 Å². The summed E-state index contributed by atoms with van der Waals surface area (Å²) in [7, 11) is 0. The Bertz CT molecular complexity index is 1170. The zero-order valence-corrected chi connectivity index (χ0v) is 21.9. The first-order valence-corrected chi connectivity index (χ1v) is 12.8. The quantitative estimate of drug-likeness (QED) is 0.238. The Morgan fingerprint density at radius 2 is 1.35 bits per heavy atom. The van der Waals surface area contributed by atoms with Crippen molar-refractivity contribution in [2.24, 2.45) is 0 Å². The van der Waals surface area contributed by atoms with Gasteiger partial charge >= 0.3 is 11.9 Å². The highest BCUT2D eigenvalue weighted by molar-refractivity contribution is 5.67. The van der Waals surface area contributed by atoms with Crippen LogP contribution < -0.4 is 0 Å². The minimum atomic E-state index is -1.50. The minimum absolute atomic E-state index is 0.295. The van der Waals surface area contributed by atoms with Crippen molar-refractivity contribution in [1.82, 2.24) is 0 Å². The second-order valence-corrected chi connectivity index (χ2v) is 9.95. The summed E-state index contributed by atoms with van der Waals surface area (Å²) in [5.41, 5.74) is 2.51. The molecule has 0 aromatic heterocycles. The zero-order valence-electron chi connectivity index (χ0n) is 21.9. The predicted molar refractivity (Wildman–Crippen MR) is 136 cm³/mol. The van der Waals surface area contributed by atoms with E-state index in [0.717, 1.165) is 18.1 Å². The number of carbonyl (C=O) groups is 2. The molecule has 2 saturated heterocycles. The fourth-order valence-corrected chi connectivity index (χ4v) is 5.02. The van der Waals surface area contributed by atoms with Crippen molar-refractivity contribution in [1.29, 1.82) is 0 Å². The molecule has 0 saturated carbocycles. The van der Waals surface area contributed by atoms with Gasteiger partial charge in [0.15, 0.2) is 6.10 Å². The second-order valence-electron chi connectivity index (χ2n) is 9.95. The van der Waals surface area contributed by atoms with Gasteiger partial charge in [-0.1, -0.05) is 42.5 Å². The van der Waals surface area contributed by atoms with Crippen molar-refractivity contribution in [3.05, 3.63) is 59.7 Å². The second kappa shape index (κ2) is 12.7. The van der Waals surface area contributed by atoms with Crippen molar-refractivity contribution in [2.75, 3.05) is 13.2 Å². The normalized spacial score (nSPS) is 34.2. The summed E-state index contributed by atoms with van der Waals surface area (Å²) in [5, 5.41) is 61.7. The SMILES string of the molecule is CC(=O)OC[C@H]1O[C@H](c2ccc(-c3cccc([C@H]4O[C@H](CO)[C@@H](O)[C@H](O)[C@@H]4O)c3)cc2)[C@@H](O)[C@@H](O)[C@@H]1OC(C)=O. The summed E-state index contributed by atoms with van der Waals surface area (Å²) < 4.78 is 21.8. The molecule has 10 atom stereocenters. The number of carbonyl (C=O) groups excluding carboxylic acids is 2. The van der Waals surface area contributed by atoms with Crippen LogP contribution in [-0.2, 0) is 28.5 Å². The van der Waals surface area contributed by atoms with E-state index in [1.165, 1.54) is 6.92 Å². The number of aliphatic hydroxyl groups excluding tert-OH is 6. The number of esters is 2. The van der Waals surface area contributed by atoms with Gasteiger partial charge in [-0.2, -0.15) is 0 Å². The van der Waals surface area contributed by atoms with Crippen molar-refractivity contribution in [3.8, 4) is 11.1 Å². The van der Waals surface area contributed by atoms with Crippen molar-refractivity contribution >= 4 is 11.9 Å². The van der Waals surface area contributed by atoms with Gasteiger partial charge in [-0.05, 0) is 28.3 Å². The summed E-state index contributed by atoms with van der Waals surface area (Å²) in [6.07, 6.45) is -12.6. The number of hydrogen-bond acceptors (Lipinski definition) is 12. The molecule has 2 aromatic rings. The number of ether oxygens (including phenoxy) is 4. The first-order valence-electron chi connectivity index (χ1n) is 12.8. The zero-order chi connectivity index (χ0) is 29.1. The third-order valence-corrected chi connectivity index (χ3v) is 7.12. The van der Waals surface area contributed by atoms with E-state index in [2.05, 4.69) is 0 Å². The molecule has 0 bridgehead atoms. The van der Waals surface area contributed by atoms with Gasteiger partial charge in [0.1, 0.15) is 61.5 Å². The Kier molecular flexibility index (Phi) is 9.54. The van der Waals surface area contributed by atoms with E-state index in [-0.39, 0.29) is 6.61 Å². The van der Waals surface area contributed by atoms with Crippen molar-refractivity contribution in [2.45, 2.75) is 74.9 Å². The first kappa shape index (κ1) is 30.0. The molecule has 4 rings (SSSR count). The van der Waals surface area contributed by atoms with Crippen LogP contribution in [0.5, 0.6) is 0 Å². The van der Waals surface area contributed by atoms with Gasteiger partial charge in [0, 0.05) is 13.8 Å². The van der Waals surface area contributed by atoms with Crippen LogP contribution in [0.3, 0.4) is 0 Å². The van der Waals surface area contributed by atoms with Crippen LogP contribution in [0, 0.1) is 0 Å². The largest absolute Gasteiger partial charge is 0.463 e. The minimum Gasteiger partial charge on any atom is -0.463 e. The van der Waals surface area contributed by atoms with E-state index in [4.69, 9.17) is 18.9 Å². The topological polar surface area (TPSA) is 192 Å². The lowest BCUT2D eigenvalue weighted by atomic mass is 9.89. The Morgan fingerprint density at radius 1 is 0.725 bits per heavy atom. The van der Waals surface area contributed by atoms with Gasteiger partial charge in [0.05, 0.1) is 6.61 Å². The Morgan fingerprint density at radius 3 is 1.98 bits per heavy atom. The molecule has 12 nitrogen and oxygen atoms in total. The maximum Gasteiger partial charge on any atom is 0.303 e. The molecule has 218 valence electrons. The summed E-state index contributed by atoms with van der Waals surface area (Å²) >= 11 is 0. The third kappa shape index (κ3) is 6.35. The van der Waals surface area contributed by atoms with Crippen LogP contribution in [0.4, 0.5) is 0 Å². The van der Waals surface area contributed by atoms with Crippen LogP contribution in [0.2, 0.25) is 0 Å². The number of hydrogen-bond donors (Lipinski definition) is 6. The molecule has 2 aliphatic rings. The predicted octanol–water partition coefficient (Wildman–Crippen LogP) is -0.475.